The molecule has 2 N–H and O–H groups in total. The summed E-state index contributed by atoms with van der Waals surface area (Å²) in [4.78, 5) is 11.6. The third kappa shape index (κ3) is 2.49. The van der Waals surface area contributed by atoms with Gasteiger partial charge in [0.15, 0.2) is 11.5 Å². The largest absolute Gasteiger partial charge is 0.506 e. The quantitative estimate of drug-likeness (QED) is 0.629. The molecule has 0 amide bonds. The van der Waals surface area contributed by atoms with Crippen LogP contribution in [0, 0.1) is 0 Å². The summed E-state index contributed by atoms with van der Waals surface area (Å²) in [5, 5.41) is 19.5. The molecule has 22 heavy (non-hydrogen) atoms. The highest BCUT2D eigenvalue weighted by atomic mass is 79.9. The average Bonchev–Trinajstić information content (AvgIpc) is 2.91. The number of rotatable bonds is 2. The van der Waals surface area contributed by atoms with Crippen LogP contribution in [0.1, 0.15) is 10.4 Å². The predicted octanol–water partition coefficient (Wildman–Crippen LogP) is 4.77. The minimum Gasteiger partial charge on any atom is -0.506 e. The van der Waals surface area contributed by atoms with Crippen molar-refractivity contribution in [2.24, 2.45) is 0 Å². The summed E-state index contributed by atoms with van der Waals surface area (Å²) in [6, 6.07) is 4.65. The van der Waals surface area contributed by atoms with Crippen LogP contribution in [0.15, 0.2) is 31.6 Å². The Bertz CT molecular complexity index is 804. The molecule has 0 spiro atoms. The fourth-order valence-electron chi connectivity index (χ4n) is 2.15. The first-order valence-electron chi connectivity index (χ1n) is 5.94. The lowest BCUT2D eigenvalue weighted by atomic mass is 9.98. The summed E-state index contributed by atoms with van der Waals surface area (Å²) in [6.07, 6.45) is 0. The molecule has 0 unspecified atom stereocenters. The van der Waals surface area contributed by atoms with E-state index in [1.165, 1.54) is 6.07 Å². The van der Waals surface area contributed by atoms with Crippen molar-refractivity contribution in [3.05, 3.63) is 37.2 Å². The number of ether oxygens (including phenoxy) is 2. The number of carboxylic acid groups (broad SMARTS) is 1. The van der Waals surface area contributed by atoms with Crippen LogP contribution in [0.4, 0.5) is 0 Å². The number of aromatic hydroxyl groups is 1. The number of carboxylic acids is 1. The van der Waals surface area contributed by atoms with Gasteiger partial charge >= 0.3 is 5.97 Å². The van der Waals surface area contributed by atoms with Gasteiger partial charge in [-0.05, 0) is 50.1 Å². The number of aromatic carboxylic acids is 1. The van der Waals surface area contributed by atoms with Crippen molar-refractivity contribution in [2.45, 2.75) is 0 Å². The van der Waals surface area contributed by atoms with E-state index in [1.54, 1.807) is 12.1 Å². The van der Waals surface area contributed by atoms with Gasteiger partial charge in [0.2, 0.25) is 6.79 Å². The fraction of sp³-hybridized carbons (Fsp3) is 0.0714. The molecule has 2 aromatic carbocycles. The molecule has 114 valence electrons. The highest BCUT2D eigenvalue weighted by Gasteiger charge is 2.25. The molecule has 3 rings (SSSR count). The maximum Gasteiger partial charge on any atom is 0.336 e. The second-order valence-corrected chi connectivity index (χ2v) is 6.94. The molecule has 0 saturated heterocycles. The van der Waals surface area contributed by atoms with E-state index in [1.807, 2.05) is 0 Å². The molecule has 0 aliphatic carbocycles. The molecule has 0 fully saturated rings. The zero-order valence-corrected chi connectivity index (χ0v) is 15.5. The van der Waals surface area contributed by atoms with E-state index in [2.05, 4.69) is 47.8 Å². The molecule has 0 radical (unpaired) electrons. The molecule has 1 heterocycles. The molecule has 5 nitrogen and oxygen atoms in total. The van der Waals surface area contributed by atoms with Crippen LogP contribution >= 0.6 is 47.8 Å². The van der Waals surface area contributed by atoms with Crippen molar-refractivity contribution >= 4 is 53.8 Å². The highest BCUT2D eigenvalue weighted by molar-refractivity contribution is 9.11. The first-order valence-corrected chi connectivity index (χ1v) is 8.31. The zero-order chi connectivity index (χ0) is 16.0. The lowest BCUT2D eigenvalue weighted by Gasteiger charge is -2.14. The van der Waals surface area contributed by atoms with E-state index in [9.17, 15) is 15.0 Å². The van der Waals surface area contributed by atoms with Crippen LogP contribution in [0.3, 0.4) is 0 Å². The van der Waals surface area contributed by atoms with E-state index in [0.29, 0.717) is 36.0 Å². The predicted molar refractivity (Wildman–Crippen MR) is 89.7 cm³/mol. The molecule has 1 aliphatic heterocycles. The van der Waals surface area contributed by atoms with Gasteiger partial charge in [0, 0.05) is 15.6 Å². The molecule has 0 aromatic heterocycles. The van der Waals surface area contributed by atoms with Gasteiger partial charge in [-0.3, -0.25) is 0 Å². The number of phenolic OH excluding ortho intramolecular Hbond substituents is 1. The Morgan fingerprint density at radius 1 is 1.05 bits per heavy atom. The number of benzene rings is 2. The second kappa shape index (κ2) is 5.75. The van der Waals surface area contributed by atoms with Crippen LogP contribution in [0.25, 0.3) is 11.1 Å². The van der Waals surface area contributed by atoms with Gasteiger partial charge in [0.25, 0.3) is 0 Å². The first-order chi connectivity index (χ1) is 10.4. The summed E-state index contributed by atoms with van der Waals surface area (Å²) >= 11 is 9.93. The lowest BCUT2D eigenvalue weighted by Crippen LogP contribution is -2.01. The van der Waals surface area contributed by atoms with Gasteiger partial charge in [-0.1, -0.05) is 15.9 Å². The van der Waals surface area contributed by atoms with Crippen molar-refractivity contribution in [3.8, 4) is 28.4 Å². The van der Waals surface area contributed by atoms with Gasteiger partial charge in [0.1, 0.15) is 5.75 Å². The number of phenols is 1. The smallest absolute Gasteiger partial charge is 0.336 e. The average molecular weight is 495 g/mol. The first kappa shape index (κ1) is 15.6. The van der Waals surface area contributed by atoms with E-state index in [4.69, 9.17) is 9.47 Å². The van der Waals surface area contributed by atoms with E-state index in [-0.39, 0.29) is 18.1 Å². The number of hydrogen-bond acceptors (Lipinski definition) is 4. The summed E-state index contributed by atoms with van der Waals surface area (Å²) in [7, 11) is 0. The van der Waals surface area contributed by atoms with Crippen molar-refractivity contribution in [2.75, 3.05) is 6.79 Å². The number of hydrogen-bond donors (Lipinski definition) is 2. The Kier molecular flexibility index (Phi) is 4.09. The van der Waals surface area contributed by atoms with Gasteiger partial charge in [-0.15, -0.1) is 0 Å². The third-order valence-corrected chi connectivity index (χ3v) is 5.16. The summed E-state index contributed by atoms with van der Waals surface area (Å²) in [5.41, 5.74) is 0.960. The molecular weight excluding hydrogens is 488 g/mol. The fourth-order valence-corrected chi connectivity index (χ4v) is 4.70. The van der Waals surface area contributed by atoms with Crippen molar-refractivity contribution in [1.29, 1.82) is 0 Å². The van der Waals surface area contributed by atoms with Crippen molar-refractivity contribution in [1.82, 2.24) is 0 Å². The van der Waals surface area contributed by atoms with Crippen LogP contribution < -0.4 is 9.47 Å². The molecule has 0 atom stereocenters. The Morgan fingerprint density at radius 2 is 1.68 bits per heavy atom. The van der Waals surface area contributed by atoms with Crippen LogP contribution in [-0.4, -0.2) is 23.0 Å². The summed E-state index contributed by atoms with van der Waals surface area (Å²) in [5.74, 6) is -0.280. The van der Waals surface area contributed by atoms with E-state index < -0.39 is 5.97 Å². The van der Waals surface area contributed by atoms with Gasteiger partial charge in [0.05, 0.1) is 14.5 Å². The monoisotopic (exact) mass is 492 g/mol. The molecule has 8 heteroatoms. The number of halogens is 3. The van der Waals surface area contributed by atoms with Crippen LogP contribution in [-0.2, 0) is 0 Å². The minimum atomic E-state index is -1.10. The third-order valence-electron chi connectivity index (χ3n) is 3.16. The van der Waals surface area contributed by atoms with Gasteiger partial charge in [-0.25, -0.2) is 4.79 Å². The number of fused-ring (bicyclic) bond motifs is 1. The molecule has 1 aliphatic rings. The number of carbonyl (C=O) groups is 1. The maximum atomic E-state index is 11.6. The molecule has 0 saturated carbocycles. The van der Waals surface area contributed by atoms with E-state index >= 15 is 0 Å². The Labute approximate surface area is 150 Å². The summed E-state index contributed by atoms with van der Waals surface area (Å²) < 4.78 is 12.0. The Morgan fingerprint density at radius 3 is 2.32 bits per heavy atom. The lowest BCUT2D eigenvalue weighted by molar-refractivity contribution is 0.0697. The highest BCUT2D eigenvalue weighted by Crippen LogP contribution is 2.48. The Balaban J connectivity index is 2.33. The molecular formula is C14H7Br3O5. The summed E-state index contributed by atoms with van der Waals surface area (Å²) in [6.45, 7) is 0.0474. The van der Waals surface area contributed by atoms with Crippen molar-refractivity contribution < 1.29 is 24.5 Å². The second-order valence-electron chi connectivity index (χ2n) is 4.43. The van der Waals surface area contributed by atoms with Crippen LogP contribution in [0.5, 0.6) is 17.2 Å². The standard InChI is InChI=1S/C14H7Br3O5/c15-7-3-8(16)13(18)12(17)11(7)5-1-9-10(22-4-21-9)2-6(5)14(19)20/h1-3,18H,4H2,(H,19,20). The minimum absolute atomic E-state index is 0.0211. The molecule has 0 bridgehead atoms. The zero-order valence-electron chi connectivity index (χ0n) is 10.7. The van der Waals surface area contributed by atoms with Gasteiger partial charge in [-0.2, -0.15) is 0 Å². The topological polar surface area (TPSA) is 76.0 Å². The Hall–Kier alpha value is -1.25. The van der Waals surface area contributed by atoms with E-state index in [0.717, 1.165) is 0 Å². The van der Waals surface area contributed by atoms with Crippen molar-refractivity contribution in [3.63, 3.8) is 0 Å². The molecule has 2 aromatic rings. The van der Waals surface area contributed by atoms with Gasteiger partial charge < -0.3 is 19.7 Å². The maximum absolute atomic E-state index is 11.6. The SMILES string of the molecule is O=C(O)c1cc2c(cc1-c1c(Br)cc(Br)c(O)c1Br)OCO2. The normalized spacial score (nSPS) is 12.5. The van der Waals surface area contributed by atoms with Crippen LogP contribution in [0.2, 0.25) is 0 Å².